The minimum absolute atomic E-state index is 0. The lowest BCUT2D eigenvalue weighted by atomic mass is 10.2. The number of benzene rings is 1. The predicted molar refractivity (Wildman–Crippen MR) is 71.6 cm³/mol. The van der Waals surface area contributed by atoms with Crippen LogP contribution in [-0.4, -0.2) is 30.1 Å². The molecule has 1 atom stereocenters. The summed E-state index contributed by atoms with van der Waals surface area (Å²) >= 11 is 0. The number of aryl methyl sites for hydroxylation is 1. The van der Waals surface area contributed by atoms with E-state index in [0.29, 0.717) is 6.54 Å². The molecule has 94 valence electrons. The number of carbonyl (C=O) groups is 1. The van der Waals surface area contributed by atoms with Gasteiger partial charge in [-0.3, -0.25) is 0 Å². The highest BCUT2D eigenvalue weighted by Gasteiger charge is 2.23. The van der Waals surface area contributed by atoms with Crippen LogP contribution in [0.2, 0.25) is 0 Å². The van der Waals surface area contributed by atoms with Crippen molar-refractivity contribution in [2.75, 3.05) is 18.4 Å². The number of rotatable bonds is 1. The number of nitrogens with one attached hydrogen (secondary N) is 1. The van der Waals surface area contributed by atoms with Crippen LogP contribution in [0.3, 0.4) is 0 Å². The Morgan fingerprint density at radius 1 is 1.47 bits per heavy atom. The summed E-state index contributed by atoms with van der Waals surface area (Å²) in [6, 6.07) is 7.83. The zero-order valence-electron chi connectivity index (χ0n) is 9.85. The summed E-state index contributed by atoms with van der Waals surface area (Å²) in [6.07, 6.45) is 0.890. The highest BCUT2D eigenvalue weighted by molar-refractivity contribution is 5.90. The molecule has 1 aromatic carbocycles. The normalized spacial score (nSPS) is 18.7. The SMILES string of the molecule is Cc1ccccc1NC(=O)N1CCC(N)C1.Cl. The van der Waals surface area contributed by atoms with E-state index in [1.54, 1.807) is 4.90 Å². The maximum atomic E-state index is 11.9. The van der Waals surface area contributed by atoms with Gasteiger partial charge in [-0.15, -0.1) is 12.4 Å². The van der Waals surface area contributed by atoms with E-state index in [2.05, 4.69) is 5.32 Å². The molecule has 0 saturated carbocycles. The number of hydrogen-bond acceptors (Lipinski definition) is 2. The highest BCUT2D eigenvalue weighted by Crippen LogP contribution is 2.15. The number of amides is 2. The van der Waals surface area contributed by atoms with Gasteiger partial charge >= 0.3 is 6.03 Å². The van der Waals surface area contributed by atoms with Crippen molar-refractivity contribution >= 4 is 24.1 Å². The summed E-state index contributed by atoms with van der Waals surface area (Å²) in [7, 11) is 0. The molecule has 2 amide bonds. The van der Waals surface area contributed by atoms with E-state index in [4.69, 9.17) is 5.73 Å². The molecule has 0 radical (unpaired) electrons. The second kappa shape index (κ2) is 5.89. The largest absolute Gasteiger partial charge is 0.326 e. The summed E-state index contributed by atoms with van der Waals surface area (Å²) < 4.78 is 0. The number of hydrogen-bond donors (Lipinski definition) is 2. The molecule has 0 bridgehead atoms. The molecule has 1 saturated heterocycles. The predicted octanol–water partition coefficient (Wildman–Crippen LogP) is 1.98. The molecule has 17 heavy (non-hydrogen) atoms. The first kappa shape index (κ1) is 13.8. The van der Waals surface area contributed by atoms with Crippen molar-refractivity contribution in [3.63, 3.8) is 0 Å². The third-order valence-electron chi connectivity index (χ3n) is 2.90. The van der Waals surface area contributed by atoms with Gasteiger partial charge in [-0.25, -0.2) is 4.79 Å². The molecule has 1 aliphatic heterocycles. The number of urea groups is 1. The molecule has 2 rings (SSSR count). The number of nitrogens with zero attached hydrogens (tertiary/aromatic N) is 1. The van der Waals surface area contributed by atoms with Gasteiger partial charge in [-0.1, -0.05) is 18.2 Å². The summed E-state index contributed by atoms with van der Waals surface area (Å²) in [5.74, 6) is 0. The van der Waals surface area contributed by atoms with Crippen LogP contribution in [0.5, 0.6) is 0 Å². The molecule has 1 fully saturated rings. The van der Waals surface area contributed by atoms with E-state index in [0.717, 1.165) is 24.2 Å². The maximum absolute atomic E-state index is 11.9. The standard InChI is InChI=1S/C12H17N3O.ClH/c1-9-4-2-3-5-11(9)14-12(16)15-7-6-10(13)8-15;/h2-5,10H,6-8,13H2,1H3,(H,14,16);1H. The molecule has 4 nitrogen and oxygen atoms in total. The van der Waals surface area contributed by atoms with Gasteiger partial charge in [0, 0.05) is 24.8 Å². The molecule has 5 heteroatoms. The van der Waals surface area contributed by atoms with Gasteiger partial charge in [0.25, 0.3) is 0 Å². The highest BCUT2D eigenvalue weighted by atomic mass is 35.5. The van der Waals surface area contributed by atoms with E-state index in [-0.39, 0.29) is 24.5 Å². The van der Waals surface area contributed by atoms with Crippen LogP contribution >= 0.6 is 12.4 Å². The molecule has 1 aromatic rings. The van der Waals surface area contributed by atoms with Crippen LogP contribution in [0, 0.1) is 6.92 Å². The minimum atomic E-state index is -0.0535. The number of anilines is 1. The lowest BCUT2D eigenvalue weighted by Gasteiger charge is -2.17. The smallest absolute Gasteiger partial charge is 0.321 e. The molecule has 1 aliphatic rings. The lowest BCUT2D eigenvalue weighted by Crippen LogP contribution is -2.35. The Hall–Kier alpha value is -1.26. The first-order valence-corrected chi connectivity index (χ1v) is 5.54. The summed E-state index contributed by atoms with van der Waals surface area (Å²) in [5.41, 5.74) is 7.70. The fraction of sp³-hybridized carbons (Fsp3) is 0.417. The molecule has 0 aromatic heterocycles. The minimum Gasteiger partial charge on any atom is -0.326 e. The Morgan fingerprint density at radius 3 is 2.76 bits per heavy atom. The lowest BCUT2D eigenvalue weighted by molar-refractivity contribution is 0.222. The topological polar surface area (TPSA) is 58.4 Å². The number of nitrogens with two attached hydrogens (primary N) is 1. The van der Waals surface area contributed by atoms with Crippen LogP contribution in [-0.2, 0) is 0 Å². The average molecular weight is 256 g/mol. The Morgan fingerprint density at radius 2 is 2.18 bits per heavy atom. The average Bonchev–Trinajstić information content (AvgIpc) is 2.68. The third-order valence-corrected chi connectivity index (χ3v) is 2.90. The number of carbonyl (C=O) groups excluding carboxylic acids is 1. The fourth-order valence-corrected chi connectivity index (χ4v) is 1.88. The molecule has 1 heterocycles. The molecule has 3 N–H and O–H groups in total. The Bertz CT molecular complexity index is 397. The molecule has 0 aliphatic carbocycles. The van der Waals surface area contributed by atoms with Crippen molar-refractivity contribution in [2.24, 2.45) is 5.73 Å². The van der Waals surface area contributed by atoms with Crippen molar-refractivity contribution in [3.8, 4) is 0 Å². The second-order valence-corrected chi connectivity index (χ2v) is 4.24. The Kier molecular flexibility index (Phi) is 4.78. The van der Waals surface area contributed by atoms with Crippen molar-refractivity contribution in [3.05, 3.63) is 29.8 Å². The van der Waals surface area contributed by atoms with Crippen molar-refractivity contribution in [2.45, 2.75) is 19.4 Å². The van der Waals surface area contributed by atoms with E-state index in [1.807, 2.05) is 31.2 Å². The molecular weight excluding hydrogens is 238 g/mol. The van der Waals surface area contributed by atoms with Crippen molar-refractivity contribution < 1.29 is 4.79 Å². The Balaban J connectivity index is 0.00000144. The molecular formula is C12H18ClN3O. The zero-order chi connectivity index (χ0) is 11.5. The van der Waals surface area contributed by atoms with Gasteiger partial charge in [-0.05, 0) is 25.0 Å². The molecule has 0 spiro atoms. The van der Waals surface area contributed by atoms with Gasteiger partial charge in [0.15, 0.2) is 0 Å². The number of likely N-dealkylation sites (tertiary alicyclic amines) is 1. The van der Waals surface area contributed by atoms with Gasteiger partial charge < -0.3 is 16.0 Å². The summed E-state index contributed by atoms with van der Waals surface area (Å²) in [5, 5.41) is 2.90. The Labute approximate surface area is 108 Å². The van der Waals surface area contributed by atoms with Gasteiger partial charge in [0.1, 0.15) is 0 Å². The van der Waals surface area contributed by atoms with Gasteiger partial charge in [0.05, 0.1) is 0 Å². The van der Waals surface area contributed by atoms with Crippen LogP contribution in [0.4, 0.5) is 10.5 Å². The van der Waals surface area contributed by atoms with Gasteiger partial charge in [0.2, 0.25) is 0 Å². The van der Waals surface area contributed by atoms with E-state index >= 15 is 0 Å². The van der Waals surface area contributed by atoms with Crippen molar-refractivity contribution in [1.82, 2.24) is 4.90 Å². The number of para-hydroxylation sites is 1. The maximum Gasteiger partial charge on any atom is 0.321 e. The van der Waals surface area contributed by atoms with Crippen molar-refractivity contribution in [1.29, 1.82) is 0 Å². The third kappa shape index (κ3) is 3.35. The summed E-state index contributed by atoms with van der Waals surface area (Å²) in [6.45, 7) is 3.38. The van der Waals surface area contributed by atoms with Crippen LogP contribution in [0.25, 0.3) is 0 Å². The molecule has 1 unspecified atom stereocenters. The first-order valence-electron chi connectivity index (χ1n) is 5.54. The first-order chi connectivity index (χ1) is 7.66. The van der Waals surface area contributed by atoms with E-state index < -0.39 is 0 Å². The number of halogens is 1. The van der Waals surface area contributed by atoms with Gasteiger partial charge in [-0.2, -0.15) is 0 Å². The summed E-state index contributed by atoms with van der Waals surface area (Å²) in [4.78, 5) is 13.6. The van der Waals surface area contributed by atoms with Crippen LogP contribution in [0.15, 0.2) is 24.3 Å². The van der Waals surface area contributed by atoms with E-state index in [1.165, 1.54) is 0 Å². The van der Waals surface area contributed by atoms with Crippen LogP contribution in [0.1, 0.15) is 12.0 Å². The monoisotopic (exact) mass is 255 g/mol. The second-order valence-electron chi connectivity index (χ2n) is 4.24. The van der Waals surface area contributed by atoms with Crippen LogP contribution < -0.4 is 11.1 Å². The van der Waals surface area contributed by atoms with E-state index in [9.17, 15) is 4.79 Å². The fourth-order valence-electron chi connectivity index (χ4n) is 1.88. The quantitative estimate of drug-likeness (QED) is 0.806. The zero-order valence-corrected chi connectivity index (χ0v) is 10.7.